The molecule has 2 aromatic carbocycles. The Labute approximate surface area is 122 Å². The average molecular weight is 292 g/mol. The molecule has 0 aliphatic rings. The van der Waals surface area contributed by atoms with Gasteiger partial charge in [-0.05, 0) is 29.9 Å². The van der Waals surface area contributed by atoms with Crippen LogP contribution in [-0.4, -0.2) is 18.3 Å². The molecular formula is C16H20OS2. The summed E-state index contributed by atoms with van der Waals surface area (Å²) in [6.45, 7) is 2.23. The van der Waals surface area contributed by atoms with Gasteiger partial charge < -0.3 is 4.18 Å². The number of benzene rings is 2. The second-order valence-corrected chi connectivity index (χ2v) is 9.19. The first-order valence-electron chi connectivity index (χ1n) is 6.31. The van der Waals surface area contributed by atoms with E-state index in [9.17, 15) is 0 Å². The zero-order valence-electron chi connectivity index (χ0n) is 11.6. The lowest BCUT2D eigenvalue weighted by Gasteiger charge is -2.32. The van der Waals surface area contributed by atoms with Crippen molar-refractivity contribution in [3.63, 3.8) is 0 Å². The van der Waals surface area contributed by atoms with Crippen LogP contribution in [0, 0.1) is 0 Å². The largest absolute Gasteiger partial charge is 0.427 e. The Bertz CT molecular complexity index is 550. The van der Waals surface area contributed by atoms with Crippen molar-refractivity contribution in [3.05, 3.63) is 48.5 Å². The standard InChI is InChI=1S/C16H20OS2/c1-4-19(2,3)15-12-8-11-14(16(15)17-18)13-9-6-5-7-10-13/h5-12,18H,4H2,1-3H3. The minimum atomic E-state index is -0.845. The Hall–Kier alpha value is -1.06. The highest BCUT2D eigenvalue weighted by atomic mass is 32.3. The van der Waals surface area contributed by atoms with E-state index in [4.69, 9.17) is 4.18 Å². The second kappa shape index (κ2) is 5.93. The molecule has 0 radical (unpaired) electrons. The zero-order chi connectivity index (χ0) is 13.9. The first-order chi connectivity index (χ1) is 9.10. The molecule has 0 bridgehead atoms. The van der Waals surface area contributed by atoms with E-state index >= 15 is 0 Å². The lowest BCUT2D eigenvalue weighted by molar-refractivity contribution is 0.642. The lowest BCUT2D eigenvalue weighted by Crippen LogP contribution is -2.01. The molecule has 0 heterocycles. The molecule has 0 atom stereocenters. The normalized spacial score (nSPS) is 12.2. The highest BCUT2D eigenvalue weighted by Gasteiger charge is 2.20. The van der Waals surface area contributed by atoms with Crippen molar-refractivity contribution < 1.29 is 4.18 Å². The van der Waals surface area contributed by atoms with Crippen LogP contribution in [0.4, 0.5) is 0 Å². The molecule has 1 nitrogen and oxygen atoms in total. The molecule has 2 rings (SSSR count). The van der Waals surface area contributed by atoms with Crippen LogP contribution in [0.3, 0.4) is 0 Å². The first-order valence-corrected chi connectivity index (χ1v) is 9.29. The smallest absolute Gasteiger partial charge is 0.156 e. The Morgan fingerprint density at radius 2 is 1.68 bits per heavy atom. The fourth-order valence-electron chi connectivity index (χ4n) is 2.05. The molecule has 19 heavy (non-hydrogen) atoms. The van der Waals surface area contributed by atoms with Gasteiger partial charge >= 0.3 is 0 Å². The van der Waals surface area contributed by atoms with Gasteiger partial charge in [0.05, 0.1) is 0 Å². The quantitative estimate of drug-likeness (QED) is 0.615. The van der Waals surface area contributed by atoms with E-state index in [-0.39, 0.29) is 0 Å². The number of hydrogen-bond acceptors (Lipinski definition) is 2. The summed E-state index contributed by atoms with van der Waals surface area (Å²) >= 11 is 4.08. The summed E-state index contributed by atoms with van der Waals surface area (Å²) in [4.78, 5) is 1.28. The van der Waals surface area contributed by atoms with Gasteiger partial charge in [0, 0.05) is 23.4 Å². The van der Waals surface area contributed by atoms with Gasteiger partial charge in [-0.2, -0.15) is 0 Å². The van der Waals surface area contributed by atoms with Gasteiger partial charge in [0.15, 0.2) is 5.75 Å². The maximum Gasteiger partial charge on any atom is 0.156 e. The van der Waals surface area contributed by atoms with Gasteiger partial charge in [-0.3, -0.25) is 0 Å². The van der Waals surface area contributed by atoms with Gasteiger partial charge in [-0.25, -0.2) is 10.0 Å². The first kappa shape index (κ1) is 14.4. The predicted octanol–water partition coefficient (Wildman–Crippen LogP) is 5.02. The summed E-state index contributed by atoms with van der Waals surface area (Å²) in [5.41, 5.74) is 2.28. The van der Waals surface area contributed by atoms with E-state index < -0.39 is 10.0 Å². The molecule has 3 heteroatoms. The fraction of sp³-hybridized carbons (Fsp3) is 0.250. The topological polar surface area (TPSA) is 9.23 Å². The van der Waals surface area contributed by atoms with Crippen LogP contribution < -0.4 is 4.18 Å². The van der Waals surface area contributed by atoms with E-state index in [2.05, 4.69) is 62.7 Å². The van der Waals surface area contributed by atoms with E-state index in [0.29, 0.717) is 0 Å². The van der Waals surface area contributed by atoms with Crippen molar-refractivity contribution in [3.8, 4) is 16.9 Å². The highest BCUT2D eigenvalue weighted by Crippen LogP contribution is 2.55. The van der Waals surface area contributed by atoms with Crippen LogP contribution in [0.5, 0.6) is 5.75 Å². The maximum atomic E-state index is 5.43. The van der Waals surface area contributed by atoms with Crippen LogP contribution in [0.1, 0.15) is 6.92 Å². The molecule has 0 spiro atoms. The van der Waals surface area contributed by atoms with Gasteiger partial charge in [-0.1, -0.05) is 49.4 Å². The molecule has 0 fully saturated rings. The third kappa shape index (κ3) is 2.93. The number of thiol groups is 1. The fourth-order valence-corrected chi connectivity index (χ4v) is 3.72. The van der Waals surface area contributed by atoms with E-state index in [1.54, 1.807) is 0 Å². The molecule has 0 N–H and O–H groups in total. The molecule has 0 aliphatic heterocycles. The number of para-hydroxylation sites is 1. The summed E-state index contributed by atoms with van der Waals surface area (Å²) < 4.78 is 5.43. The van der Waals surface area contributed by atoms with Crippen LogP contribution in [0.25, 0.3) is 11.1 Å². The monoisotopic (exact) mass is 292 g/mol. The SMILES string of the molecule is CCS(C)(C)c1cccc(-c2ccccc2)c1OS. The van der Waals surface area contributed by atoms with Crippen LogP contribution in [-0.2, 0) is 0 Å². The second-order valence-electron chi connectivity index (χ2n) is 4.92. The minimum Gasteiger partial charge on any atom is -0.427 e. The lowest BCUT2D eigenvalue weighted by atomic mass is 10.1. The number of rotatable bonds is 4. The summed E-state index contributed by atoms with van der Waals surface area (Å²) in [6.07, 6.45) is 4.63. The van der Waals surface area contributed by atoms with E-state index in [1.165, 1.54) is 10.5 Å². The summed E-state index contributed by atoms with van der Waals surface area (Å²) in [5, 5.41) is 0. The molecule has 0 unspecified atom stereocenters. The summed E-state index contributed by atoms with van der Waals surface area (Å²) in [6, 6.07) is 16.7. The average Bonchev–Trinajstić information content (AvgIpc) is 2.47. The minimum absolute atomic E-state index is 0.845. The van der Waals surface area contributed by atoms with Gasteiger partial charge in [-0.15, -0.1) is 0 Å². The van der Waals surface area contributed by atoms with Gasteiger partial charge in [0.1, 0.15) is 0 Å². The van der Waals surface area contributed by atoms with Crippen molar-refractivity contribution >= 4 is 22.9 Å². The van der Waals surface area contributed by atoms with Gasteiger partial charge in [0.2, 0.25) is 0 Å². The number of hydrogen-bond donors (Lipinski definition) is 1. The van der Waals surface area contributed by atoms with E-state index in [1.807, 2.05) is 18.2 Å². The summed E-state index contributed by atoms with van der Waals surface area (Å²) in [5.74, 6) is 2.04. The predicted molar refractivity (Wildman–Crippen MR) is 89.7 cm³/mol. The summed E-state index contributed by atoms with van der Waals surface area (Å²) in [7, 11) is -0.845. The molecule has 0 amide bonds. The van der Waals surface area contributed by atoms with Crippen LogP contribution in [0.2, 0.25) is 0 Å². The zero-order valence-corrected chi connectivity index (χ0v) is 13.3. The van der Waals surface area contributed by atoms with Crippen molar-refractivity contribution in [1.29, 1.82) is 0 Å². The molecule has 0 saturated heterocycles. The van der Waals surface area contributed by atoms with Crippen LogP contribution in [0.15, 0.2) is 53.4 Å². The third-order valence-corrected chi connectivity index (χ3v) is 6.61. The van der Waals surface area contributed by atoms with Gasteiger partial charge in [0.25, 0.3) is 0 Å². The van der Waals surface area contributed by atoms with Crippen molar-refractivity contribution in [2.45, 2.75) is 11.8 Å². The molecular weight excluding hydrogens is 272 g/mol. The molecule has 0 aromatic heterocycles. The van der Waals surface area contributed by atoms with Crippen molar-refractivity contribution in [2.24, 2.45) is 0 Å². The molecule has 2 aromatic rings. The van der Waals surface area contributed by atoms with E-state index in [0.717, 1.165) is 17.1 Å². The Kier molecular flexibility index (Phi) is 4.48. The Morgan fingerprint density at radius 3 is 2.26 bits per heavy atom. The molecule has 102 valence electrons. The molecule has 0 saturated carbocycles. The highest BCUT2D eigenvalue weighted by molar-refractivity contribution is 8.32. The molecule has 0 aliphatic carbocycles. The third-order valence-electron chi connectivity index (χ3n) is 3.47. The van der Waals surface area contributed by atoms with Crippen LogP contribution >= 0.6 is 22.9 Å². The van der Waals surface area contributed by atoms with Crippen molar-refractivity contribution in [2.75, 3.05) is 18.3 Å². The van der Waals surface area contributed by atoms with Crippen molar-refractivity contribution in [1.82, 2.24) is 0 Å². The Morgan fingerprint density at radius 1 is 1.00 bits per heavy atom. The maximum absolute atomic E-state index is 5.43. The Balaban J connectivity index is 2.62.